The number of nitrogens with zero attached hydrogens (tertiary/aromatic N) is 2. The number of aromatic nitrogens is 1. The maximum absolute atomic E-state index is 4.11. The fourth-order valence-electron chi connectivity index (χ4n) is 10.8. The van der Waals surface area contributed by atoms with E-state index in [1.165, 1.54) is 108 Å². The molecule has 2 aromatic heterocycles. The van der Waals surface area contributed by atoms with Gasteiger partial charge < -0.3 is 9.47 Å². The Kier molecular flexibility index (Phi) is 9.45. The van der Waals surface area contributed by atoms with Gasteiger partial charge in [-0.2, -0.15) is 0 Å². The van der Waals surface area contributed by atoms with Crippen molar-refractivity contribution in [3.8, 4) is 27.9 Å². The quantitative estimate of drug-likeness (QED) is 0.138. The molecular weight excluding hydrogens is 841 g/mol. The topological polar surface area (TPSA) is 8.17 Å². The molecule has 0 N–H and O–H groups in total. The summed E-state index contributed by atoms with van der Waals surface area (Å²) in [5, 5.41) is 13.7. The van der Waals surface area contributed by atoms with E-state index in [0.717, 1.165) is 22.7 Å². The van der Waals surface area contributed by atoms with Crippen LogP contribution in [0.15, 0.2) is 231 Å². The van der Waals surface area contributed by atoms with Gasteiger partial charge in [-0.15, -0.1) is 11.3 Å². The van der Waals surface area contributed by atoms with E-state index in [-0.39, 0.29) is 0 Å². The molecule has 0 radical (unpaired) electrons. The van der Waals surface area contributed by atoms with E-state index in [9.17, 15) is 0 Å². The van der Waals surface area contributed by atoms with Crippen molar-refractivity contribution in [2.24, 2.45) is 0 Å². The molecule has 0 atom stereocenters. The number of rotatable bonds is 8. The monoisotopic (exact) mass is 884 g/mol. The van der Waals surface area contributed by atoms with Crippen LogP contribution in [0.4, 0.5) is 17.1 Å². The normalized spacial score (nSPS) is 11.9. The Morgan fingerprint density at radius 1 is 0.426 bits per heavy atom. The molecule has 2 nitrogen and oxygen atoms in total. The molecule has 0 saturated heterocycles. The second-order valence-electron chi connectivity index (χ2n) is 17.6. The van der Waals surface area contributed by atoms with Gasteiger partial charge in [-0.25, -0.2) is 0 Å². The molecule has 0 bridgehead atoms. The Labute approximate surface area is 399 Å². The van der Waals surface area contributed by atoms with Crippen LogP contribution in [0.1, 0.15) is 17.4 Å². The molecule has 0 unspecified atom stereocenters. The van der Waals surface area contributed by atoms with Crippen LogP contribution >= 0.6 is 11.3 Å². The van der Waals surface area contributed by atoms with Crippen molar-refractivity contribution in [1.82, 2.24) is 4.57 Å². The van der Waals surface area contributed by atoms with Gasteiger partial charge in [-0.05, 0) is 145 Å². The van der Waals surface area contributed by atoms with Crippen LogP contribution in [0.2, 0.25) is 0 Å². The second-order valence-corrected chi connectivity index (χ2v) is 18.7. The zero-order valence-electron chi connectivity index (χ0n) is 37.5. The third-order valence-corrected chi connectivity index (χ3v) is 15.0. The zero-order valence-corrected chi connectivity index (χ0v) is 38.3. The molecule has 0 aliphatic heterocycles. The van der Waals surface area contributed by atoms with E-state index >= 15 is 0 Å². The highest BCUT2D eigenvalue weighted by Gasteiger charge is 2.21. The number of benzene rings is 11. The first-order valence-corrected chi connectivity index (χ1v) is 24.1. The molecule has 0 aliphatic rings. The van der Waals surface area contributed by atoms with Gasteiger partial charge in [-0.1, -0.05) is 170 Å². The molecule has 0 fully saturated rings. The van der Waals surface area contributed by atoms with Crippen LogP contribution in [0.5, 0.6) is 0 Å². The van der Waals surface area contributed by atoms with Crippen molar-refractivity contribution in [1.29, 1.82) is 0 Å². The summed E-state index contributed by atoms with van der Waals surface area (Å²) in [4.78, 5) is 3.66. The molecule has 68 heavy (non-hydrogen) atoms. The highest BCUT2D eigenvalue weighted by molar-refractivity contribution is 7.20. The third-order valence-electron chi connectivity index (χ3n) is 13.9. The van der Waals surface area contributed by atoms with E-state index in [1.807, 2.05) is 6.08 Å². The lowest BCUT2D eigenvalue weighted by molar-refractivity contribution is 1.18. The van der Waals surface area contributed by atoms with E-state index in [1.54, 1.807) is 11.3 Å². The van der Waals surface area contributed by atoms with Crippen molar-refractivity contribution in [3.63, 3.8) is 0 Å². The number of hydrogen-bond donors (Lipinski definition) is 0. The van der Waals surface area contributed by atoms with Gasteiger partial charge in [0, 0.05) is 48.2 Å². The maximum atomic E-state index is 4.11. The molecule has 13 rings (SSSR count). The fraction of sp³-hybridized carbons (Fsp3) is 0.0154. The van der Waals surface area contributed by atoms with Crippen molar-refractivity contribution >= 4 is 116 Å². The Morgan fingerprint density at radius 2 is 1.00 bits per heavy atom. The summed E-state index contributed by atoms with van der Waals surface area (Å²) in [6.45, 7) is 6.19. The van der Waals surface area contributed by atoms with Gasteiger partial charge in [0.2, 0.25) is 0 Å². The number of hydrogen-bond acceptors (Lipinski definition) is 2. The van der Waals surface area contributed by atoms with E-state index in [4.69, 9.17) is 0 Å². The van der Waals surface area contributed by atoms with Crippen molar-refractivity contribution < 1.29 is 0 Å². The molecule has 0 saturated carbocycles. The molecule has 13 aromatic rings. The van der Waals surface area contributed by atoms with E-state index < -0.39 is 0 Å². The molecular formula is C65H44N2S. The van der Waals surface area contributed by atoms with Crippen LogP contribution in [-0.4, -0.2) is 4.57 Å². The first-order chi connectivity index (χ1) is 33.6. The van der Waals surface area contributed by atoms with Gasteiger partial charge in [0.25, 0.3) is 0 Å². The van der Waals surface area contributed by atoms with Crippen LogP contribution in [0.3, 0.4) is 0 Å². The standard InChI is InChI=1S/C65H44N2S/c1-3-16-57-60-39-43(30-38-65(60)68-64(57)4-2)42-27-31-46(32-28-42)66(47-33-34-54-52-22-9-8-20-50(52)51-21-10-11-23-53(51)58(54)41-47)62-37-35-48(49-19-12-13-24-55(49)62)44-29-36-63-59(40-44)56-25-14-15-26-61(56)67(63)45-17-6-5-7-18-45/h3-41H,2H2,1H3/b16-3-. The summed E-state index contributed by atoms with van der Waals surface area (Å²) < 4.78 is 3.65. The maximum Gasteiger partial charge on any atom is 0.0541 e. The first-order valence-electron chi connectivity index (χ1n) is 23.3. The summed E-state index contributed by atoms with van der Waals surface area (Å²) in [5.41, 5.74) is 12.9. The molecule has 0 amide bonds. The predicted octanol–water partition coefficient (Wildman–Crippen LogP) is 19.1. The number of fused-ring (bicyclic) bond motifs is 11. The predicted molar refractivity (Wildman–Crippen MR) is 297 cm³/mol. The largest absolute Gasteiger partial charge is 0.310 e. The van der Waals surface area contributed by atoms with Gasteiger partial charge in [0.1, 0.15) is 0 Å². The lowest BCUT2D eigenvalue weighted by Gasteiger charge is -2.28. The highest BCUT2D eigenvalue weighted by atomic mass is 32.1. The lowest BCUT2D eigenvalue weighted by Crippen LogP contribution is -2.10. The summed E-state index contributed by atoms with van der Waals surface area (Å²) in [7, 11) is 0. The third kappa shape index (κ3) is 6.31. The Hall–Kier alpha value is -8.50. The minimum absolute atomic E-state index is 1.09. The summed E-state index contributed by atoms with van der Waals surface area (Å²) in [6, 6.07) is 80.7. The second kappa shape index (κ2) is 16.1. The molecule has 0 spiro atoms. The van der Waals surface area contributed by atoms with Gasteiger partial charge in [0.05, 0.1) is 16.7 Å². The number of thiophene rings is 1. The van der Waals surface area contributed by atoms with E-state index in [0.29, 0.717) is 0 Å². The Morgan fingerprint density at radius 3 is 1.72 bits per heavy atom. The molecule has 2 heterocycles. The summed E-state index contributed by atoms with van der Waals surface area (Å²) in [6.07, 6.45) is 6.29. The van der Waals surface area contributed by atoms with Crippen LogP contribution in [0, 0.1) is 0 Å². The van der Waals surface area contributed by atoms with Gasteiger partial charge in [-0.3, -0.25) is 0 Å². The minimum Gasteiger partial charge on any atom is -0.310 e. The fourth-order valence-corrected chi connectivity index (χ4v) is 11.8. The smallest absolute Gasteiger partial charge is 0.0541 e. The first kappa shape index (κ1) is 39.8. The van der Waals surface area contributed by atoms with Gasteiger partial charge >= 0.3 is 0 Å². The Balaban J connectivity index is 1.000. The van der Waals surface area contributed by atoms with Crippen molar-refractivity contribution in [3.05, 3.63) is 241 Å². The lowest BCUT2D eigenvalue weighted by atomic mass is 9.93. The Bertz CT molecular complexity index is 4130. The average Bonchev–Trinajstić information content (AvgIpc) is 3.93. The van der Waals surface area contributed by atoms with E-state index in [2.05, 4.69) is 254 Å². The molecule has 11 aromatic carbocycles. The summed E-state index contributed by atoms with van der Waals surface area (Å²) >= 11 is 1.80. The SMILES string of the molecule is C=Cc1sc2ccc(-c3ccc(N(c4ccc5c6ccccc6c6ccccc6c5c4)c4ccc(-c5ccc6c(c5)c5ccccc5n6-c5ccccc5)c5ccccc45)cc3)cc2c1/C=C\C. The molecule has 320 valence electrons. The van der Waals surface area contributed by atoms with Gasteiger partial charge in [0.15, 0.2) is 0 Å². The zero-order chi connectivity index (χ0) is 45.3. The molecule has 3 heteroatoms. The van der Waals surface area contributed by atoms with Crippen LogP contribution in [0.25, 0.3) is 115 Å². The minimum atomic E-state index is 1.09. The van der Waals surface area contributed by atoms with Crippen LogP contribution in [-0.2, 0) is 0 Å². The molecule has 0 aliphatic carbocycles. The number of para-hydroxylation sites is 2. The number of anilines is 3. The average molecular weight is 885 g/mol. The summed E-state index contributed by atoms with van der Waals surface area (Å²) in [5.74, 6) is 0. The van der Waals surface area contributed by atoms with Crippen molar-refractivity contribution in [2.75, 3.05) is 4.90 Å². The van der Waals surface area contributed by atoms with Crippen LogP contribution < -0.4 is 4.90 Å². The van der Waals surface area contributed by atoms with Crippen molar-refractivity contribution in [2.45, 2.75) is 6.92 Å². The number of allylic oxidation sites excluding steroid dienone is 1. The highest BCUT2D eigenvalue weighted by Crippen LogP contribution is 2.46.